The first kappa shape index (κ1) is 18.4. The third kappa shape index (κ3) is 4.16. The Balaban J connectivity index is 1.69. The maximum absolute atomic E-state index is 12.3. The van der Waals surface area contributed by atoms with E-state index in [1.54, 1.807) is 0 Å². The van der Waals surface area contributed by atoms with Crippen LogP contribution < -0.4 is 0 Å². The summed E-state index contributed by atoms with van der Waals surface area (Å²) in [7, 11) is 0. The first-order valence-corrected chi connectivity index (χ1v) is 9.23. The lowest BCUT2D eigenvalue weighted by atomic mass is 9.97. The molecule has 144 valence electrons. The number of nitrogens with one attached hydrogen (secondary N) is 1. The minimum Gasteiger partial charge on any atom is -0.507 e. The van der Waals surface area contributed by atoms with Gasteiger partial charge in [-0.15, -0.1) is 0 Å². The number of aryl methyl sites for hydroxylation is 1. The van der Waals surface area contributed by atoms with E-state index in [1.165, 1.54) is 18.2 Å². The first-order valence-electron chi connectivity index (χ1n) is 9.23. The number of hydrogen-bond acceptors (Lipinski definition) is 5. The van der Waals surface area contributed by atoms with Crippen LogP contribution in [0.5, 0.6) is 0 Å². The Labute approximate surface area is 167 Å². The van der Waals surface area contributed by atoms with Crippen LogP contribution in [-0.2, 0) is 12.8 Å². The van der Waals surface area contributed by atoms with Gasteiger partial charge in [0.05, 0.1) is 5.56 Å². The molecule has 0 saturated heterocycles. The zero-order chi connectivity index (χ0) is 20.1. The monoisotopic (exact) mass is 385 g/mol. The SMILES string of the molecule is O=C(C=C(O)c1coc(-c2ccccc2)c1CCc1ccccc1)c1ncn[nH]1. The van der Waals surface area contributed by atoms with Crippen LogP contribution in [0.2, 0.25) is 0 Å². The standard InChI is InChI=1S/C23H19N3O3/c27-20(13-21(28)23-24-15-25-26-23)19-14-29-22(17-9-5-2-6-10-17)18(19)12-11-16-7-3-1-4-8-16/h1-10,13-15,27H,11-12H2,(H,24,25,26). The van der Waals surface area contributed by atoms with E-state index in [0.29, 0.717) is 17.7 Å². The van der Waals surface area contributed by atoms with Gasteiger partial charge in [0, 0.05) is 17.2 Å². The first-order chi connectivity index (χ1) is 14.2. The van der Waals surface area contributed by atoms with E-state index in [0.717, 1.165) is 23.6 Å². The highest BCUT2D eigenvalue weighted by atomic mass is 16.3. The van der Waals surface area contributed by atoms with Crippen LogP contribution in [0.15, 0.2) is 83.7 Å². The molecule has 29 heavy (non-hydrogen) atoms. The van der Waals surface area contributed by atoms with E-state index >= 15 is 0 Å². The molecular weight excluding hydrogens is 366 g/mol. The topological polar surface area (TPSA) is 92.0 Å². The fourth-order valence-electron chi connectivity index (χ4n) is 3.19. The van der Waals surface area contributed by atoms with Gasteiger partial charge in [-0.3, -0.25) is 9.89 Å². The number of aromatic nitrogens is 3. The second-order valence-corrected chi connectivity index (χ2v) is 6.54. The second-order valence-electron chi connectivity index (χ2n) is 6.54. The fraction of sp³-hybridized carbons (Fsp3) is 0.0870. The average Bonchev–Trinajstić information content (AvgIpc) is 3.44. The number of aliphatic hydroxyl groups is 1. The summed E-state index contributed by atoms with van der Waals surface area (Å²) in [5.74, 6) is 0.120. The third-order valence-electron chi connectivity index (χ3n) is 4.63. The zero-order valence-corrected chi connectivity index (χ0v) is 15.6. The fourth-order valence-corrected chi connectivity index (χ4v) is 3.19. The minimum absolute atomic E-state index is 0.0640. The number of H-pyrrole nitrogens is 1. The van der Waals surface area contributed by atoms with E-state index < -0.39 is 5.78 Å². The predicted octanol–water partition coefficient (Wildman–Crippen LogP) is 4.63. The van der Waals surface area contributed by atoms with Gasteiger partial charge in [-0.1, -0.05) is 60.7 Å². The summed E-state index contributed by atoms with van der Waals surface area (Å²) in [6.07, 6.45) is 5.29. The molecule has 4 rings (SSSR count). The number of hydrogen-bond donors (Lipinski definition) is 2. The van der Waals surface area contributed by atoms with Crippen molar-refractivity contribution >= 4 is 11.5 Å². The predicted molar refractivity (Wildman–Crippen MR) is 109 cm³/mol. The Morgan fingerprint density at radius 1 is 1.03 bits per heavy atom. The molecule has 0 aliphatic heterocycles. The molecule has 0 amide bonds. The zero-order valence-electron chi connectivity index (χ0n) is 15.6. The summed E-state index contributed by atoms with van der Waals surface area (Å²) in [6.45, 7) is 0. The molecule has 0 saturated carbocycles. The summed E-state index contributed by atoms with van der Waals surface area (Å²) in [5, 5.41) is 16.8. The van der Waals surface area contributed by atoms with Crippen LogP contribution in [0.25, 0.3) is 17.1 Å². The van der Waals surface area contributed by atoms with Crippen molar-refractivity contribution in [1.82, 2.24) is 15.2 Å². The number of benzene rings is 2. The summed E-state index contributed by atoms with van der Waals surface area (Å²) >= 11 is 0. The Morgan fingerprint density at radius 2 is 1.76 bits per heavy atom. The van der Waals surface area contributed by atoms with Gasteiger partial charge in [0.2, 0.25) is 5.78 Å². The molecule has 2 heterocycles. The summed E-state index contributed by atoms with van der Waals surface area (Å²) in [6, 6.07) is 19.8. The number of aliphatic hydroxyl groups excluding tert-OH is 1. The molecule has 0 fully saturated rings. The van der Waals surface area contributed by atoms with Crippen molar-refractivity contribution in [3.63, 3.8) is 0 Å². The van der Waals surface area contributed by atoms with Gasteiger partial charge in [0.25, 0.3) is 0 Å². The molecule has 0 radical (unpaired) electrons. The molecule has 0 aliphatic rings. The molecule has 2 N–H and O–H groups in total. The molecule has 2 aromatic heterocycles. The molecular formula is C23H19N3O3. The van der Waals surface area contributed by atoms with E-state index in [4.69, 9.17) is 4.42 Å². The van der Waals surface area contributed by atoms with Crippen molar-refractivity contribution in [2.45, 2.75) is 12.8 Å². The molecule has 0 unspecified atom stereocenters. The lowest BCUT2D eigenvalue weighted by molar-refractivity contribution is 0.103. The van der Waals surface area contributed by atoms with E-state index in [-0.39, 0.29) is 11.6 Å². The van der Waals surface area contributed by atoms with Gasteiger partial charge >= 0.3 is 0 Å². The van der Waals surface area contributed by atoms with Gasteiger partial charge in [-0.2, -0.15) is 5.10 Å². The van der Waals surface area contributed by atoms with Crippen LogP contribution in [0.1, 0.15) is 27.3 Å². The van der Waals surface area contributed by atoms with E-state index in [2.05, 4.69) is 27.3 Å². The van der Waals surface area contributed by atoms with Crippen molar-refractivity contribution in [1.29, 1.82) is 0 Å². The van der Waals surface area contributed by atoms with E-state index in [1.807, 2.05) is 48.5 Å². The highest BCUT2D eigenvalue weighted by Gasteiger charge is 2.19. The molecule has 0 bridgehead atoms. The van der Waals surface area contributed by atoms with Crippen molar-refractivity contribution in [3.05, 3.63) is 102 Å². The van der Waals surface area contributed by atoms with Crippen LogP contribution >= 0.6 is 0 Å². The van der Waals surface area contributed by atoms with Gasteiger partial charge < -0.3 is 9.52 Å². The average molecular weight is 385 g/mol. The number of nitrogens with zero attached hydrogens (tertiary/aromatic N) is 2. The number of allylic oxidation sites excluding steroid dienone is 1. The normalized spacial score (nSPS) is 11.5. The van der Waals surface area contributed by atoms with Crippen LogP contribution in [0, 0.1) is 0 Å². The number of aromatic amines is 1. The third-order valence-corrected chi connectivity index (χ3v) is 4.63. The number of furan rings is 1. The Kier molecular flexibility index (Phi) is 5.33. The van der Waals surface area contributed by atoms with Crippen molar-refractivity contribution < 1.29 is 14.3 Å². The molecule has 6 nitrogen and oxygen atoms in total. The lowest BCUT2D eigenvalue weighted by Crippen LogP contribution is -2.01. The Hall–Kier alpha value is -3.93. The maximum atomic E-state index is 12.3. The largest absolute Gasteiger partial charge is 0.507 e. The molecule has 4 aromatic rings. The van der Waals surface area contributed by atoms with Gasteiger partial charge in [0.1, 0.15) is 24.1 Å². The van der Waals surface area contributed by atoms with Crippen LogP contribution in [0.3, 0.4) is 0 Å². The van der Waals surface area contributed by atoms with Crippen molar-refractivity contribution in [2.24, 2.45) is 0 Å². The maximum Gasteiger partial charge on any atom is 0.226 e. The highest BCUT2D eigenvalue weighted by Crippen LogP contribution is 2.32. The van der Waals surface area contributed by atoms with E-state index in [9.17, 15) is 9.90 Å². The summed E-state index contributed by atoms with van der Waals surface area (Å²) in [5.41, 5.74) is 3.43. The summed E-state index contributed by atoms with van der Waals surface area (Å²) in [4.78, 5) is 16.1. The van der Waals surface area contributed by atoms with Gasteiger partial charge in [-0.05, 0) is 18.4 Å². The second kappa shape index (κ2) is 8.39. The van der Waals surface area contributed by atoms with Crippen molar-refractivity contribution in [2.75, 3.05) is 0 Å². The number of carbonyl (C=O) groups excluding carboxylic acids is 1. The Bertz CT molecular complexity index is 1110. The van der Waals surface area contributed by atoms with Crippen LogP contribution in [0.4, 0.5) is 0 Å². The summed E-state index contributed by atoms with van der Waals surface area (Å²) < 4.78 is 5.82. The van der Waals surface area contributed by atoms with Gasteiger partial charge in [-0.25, -0.2) is 4.98 Å². The molecule has 0 atom stereocenters. The molecule has 0 aliphatic carbocycles. The molecule has 2 aromatic carbocycles. The number of rotatable bonds is 7. The minimum atomic E-state index is -0.462. The van der Waals surface area contributed by atoms with Crippen LogP contribution in [-0.4, -0.2) is 26.1 Å². The molecule has 0 spiro atoms. The molecule has 6 heteroatoms. The number of ketones is 1. The van der Waals surface area contributed by atoms with Crippen molar-refractivity contribution in [3.8, 4) is 11.3 Å². The Morgan fingerprint density at radius 3 is 2.45 bits per heavy atom. The number of carbonyl (C=O) groups is 1. The smallest absolute Gasteiger partial charge is 0.226 e. The highest BCUT2D eigenvalue weighted by molar-refractivity contribution is 6.05. The van der Waals surface area contributed by atoms with Gasteiger partial charge in [0.15, 0.2) is 5.82 Å². The quantitative estimate of drug-likeness (QED) is 0.275. The lowest BCUT2D eigenvalue weighted by Gasteiger charge is -2.07.